The van der Waals surface area contributed by atoms with Crippen LogP contribution in [-0.2, 0) is 12.8 Å². The second kappa shape index (κ2) is 11.4. The maximum Gasteiger partial charge on any atom is 0.194 e. The van der Waals surface area contributed by atoms with Gasteiger partial charge in [-0.15, -0.1) is 0 Å². The molecule has 2 aromatic rings. The highest BCUT2D eigenvalue weighted by atomic mass is 16.1. The fourth-order valence-corrected chi connectivity index (χ4v) is 4.54. The maximum atomic E-state index is 13.3. The number of allylic oxidation sites excluding steroid dienone is 4. The van der Waals surface area contributed by atoms with Crippen molar-refractivity contribution in [2.45, 2.75) is 79.6 Å². The van der Waals surface area contributed by atoms with Crippen molar-refractivity contribution in [3.8, 4) is 0 Å². The van der Waals surface area contributed by atoms with Crippen molar-refractivity contribution in [3.05, 3.63) is 93.1 Å². The number of benzene rings is 2. The standard InChI is InChI=1S/C31H38O2/c1-21(2)9-6-11-23(5)12-8-14-25-16-18-27-29(20-25)31(33)28-19-24(13-7-10-22(3)4)15-17-26(28)30(27)32/h9-10,15-20,23H,6-8,11-14H2,1-5H3. The molecular weight excluding hydrogens is 404 g/mol. The summed E-state index contributed by atoms with van der Waals surface area (Å²) < 4.78 is 0. The van der Waals surface area contributed by atoms with Gasteiger partial charge in [0.25, 0.3) is 0 Å². The number of hydrogen-bond donors (Lipinski definition) is 0. The lowest BCUT2D eigenvalue weighted by atomic mass is 9.82. The molecule has 1 atom stereocenters. The van der Waals surface area contributed by atoms with Crippen molar-refractivity contribution in [2.75, 3.05) is 0 Å². The molecule has 0 fully saturated rings. The summed E-state index contributed by atoms with van der Waals surface area (Å²) in [7, 11) is 0. The van der Waals surface area contributed by atoms with E-state index in [4.69, 9.17) is 0 Å². The van der Waals surface area contributed by atoms with Crippen LogP contribution in [0.15, 0.2) is 59.7 Å². The molecule has 0 saturated carbocycles. The first-order chi connectivity index (χ1) is 15.8. The van der Waals surface area contributed by atoms with Crippen LogP contribution in [0.25, 0.3) is 0 Å². The van der Waals surface area contributed by atoms with Gasteiger partial charge < -0.3 is 0 Å². The number of hydrogen-bond acceptors (Lipinski definition) is 2. The van der Waals surface area contributed by atoms with Gasteiger partial charge in [-0.05, 0) is 95.4 Å². The molecule has 0 amide bonds. The SMILES string of the molecule is CC(C)=CCCc1ccc2c(c1)C(=O)c1cc(CCCC(C)CCC=C(C)C)ccc1C2=O. The molecule has 0 saturated heterocycles. The Morgan fingerprint density at radius 1 is 0.697 bits per heavy atom. The third-order valence-electron chi connectivity index (χ3n) is 6.51. The molecule has 0 aliphatic heterocycles. The van der Waals surface area contributed by atoms with Crippen molar-refractivity contribution in [1.29, 1.82) is 0 Å². The third-order valence-corrected chi connectivity index (χ3v) is 6.51. The Morgan fingerprint density at radius 2 is 1.21 bits per heavy atom. The van der Waals surface area contributed by atoms with E-state index in [9.17, 15) is 9.59 Å². The number of rotatable bonds is 10. The van der Waals surface area contributed by atoms with Crippen LogP contribution in [0.4, 0.5) is 0 Å². The number of fused-ring (bicyclic) bond motifs is 2. The molecule has 0 heterocycles. The number of carbonyl (C=O) groups excluding carboxylic acids is 2. The molecule has 174 valence electrons. The van der Waals surface area contributed by atoms with Crippen LogP contribution in [0.1, 0.15) is 110 Å². The minimum atomic E-state index is -0.0325. The summed E-state index contributed by atoms with van der Waals surface area (Å²) in [6.07, 6.45) is 11.9. The molecule has 2 nitrogen and oxygen atoms in total. The van der Waals surface area contributed by atoms with Gasteiger partial charge in [-0.3, -0.25) is 9.59 Å². The number of aryl methyl sites for hydroxylation is 2. The van der Waals surface area contributed by atoms with E-state index in [1.165, 1.54) is 24.0 Å². The fraction of sp³-hybridized carbons (Fsp3) is 0.419. The third kappa shape index (κ3) is 6.63. The van der Waals surface area contributed by atoms with Gasteiger partial charge in [0.05, 0.1) is 0 Å². The predicted molar refractivity (Wildman–Crippen MR) is 138 cm³/mol. The molecule has 0 aromatic heterocycles. The summed E-state index contributed by atoms with van der Waals surface area (Å²) in [5, 5.41) is 0. The van der Waals surface area contributed by atoms with Crippen molar-refractivity contribution in [3.63, 3.8) is 0 Å². The second-order valence-corrected chi connectivity index (χ2v) is 10.1. The molecule has 2 aromatic carbocycles. The van der Waals surface area contributed by atoms with E-state index in [1.54, 1.807) is 0 Å². The molecule has 33 heavy (non-hydrogen) atoms. The Bertz CT molecular complexity index is 1080. The Labute approximate surface area is 199 Å². The second-order valence-electron chi connectivity index (χ2n) is 10.1. The molecule has 0 radical (unpaired) electrons. The van der Waals surface area contributed by atoms with E-state index in [0.717, 1.165) is 43.2 Å². The minimum Gasteiger partial charge on any atom is -0.289 e. The van der Waals surface area contributed by atoms with Gasteiger partial charge in [-0.1, -0.05) is 60.9 Å². The Kier molecular flexibility index (Phi) is 8.61. The highest BCUT2D eigenvalue weighted by Crippen LogP contribution is 2.29. The average Bonchev–Trinajstić information content (AvgIpc) is 2.77. The lowest BCUT2D eigenvalue weighted by Crippen LogP contribution is -2.21. The quantitative estimate of drug-likeness (QED) is 0.297. The zero-order chi connectivity index (χ0) is 24.0. The molecule has 2 heteroatoms. The number of carbonyl (C=O) groups is 2. The van der Waals surface area contributed by atoms with Crippen molar-refractivity contribution >= 4 is 11.6 Å². The first-order valence-corrected chi connectivity index (χ1v) is 12.4. The lowest BCUT2D eigenvalue weighted by molar-refractivity contribution is 0.0979. The summed E-state index contributed by atoms with van der Waals surface area (Å²) >= 11 is 0. The van der Waals surface area contributed by atoms with Crippen molar-refractivity contribution < 1.29 is 9.59 Å². The minimum absolute atomic E-state index is 0.0133. The van der Waals surface area contributed by atoms with Crippen LogP contribution in [-0.4, -0.2) is 11.6 Å². The Hall–Kier alpha value is -2.74. The molecule has 1 unspecified atom stereocenters. The first kappa shape index (κ1) is 24.9. The molecule has 1 aliphatic carbocycles. The van der Waals surface area contributed by atoms with Crippen LogP contribution in [0.3, 0.4) is 0 Å². The highest BCUT2D eigenvalue weighted by molar-refractivity contribution is 6.28. The molecule has 0 bridgehead atoms. The predicted octanol–water partition coefficient (Wildman–Crippen LogP) is 8.07. The maximum absolute atomic E-state index is 13.3. The Balaban J connectivity index is 1.68. The van der Waals surface area contributed by atoms with Gasteiger partial charge >= 0.3 is 0 Å². The zero-order valence-corrected chi connectivity index (χ0v) is 21.0. The summed E-state index contributed by atoms with van der Waals surface area (Å²) in [6, 6.07) is 11.6. The molecule has 0 spiro atoms. The van der Waals surface area contributed by atoms with E-state index < -0.39 is 0 Å². The van der Waals surface area contributed by atoms with Crippen LogP contribution in [0, 0.1) is 5.92 Å². The molecule has 3 rings (SSSR count). The normalized spacial score (nSPS) is 13.2. The van der Waals surface area contributed by atoms with Crippen LogP contribution in [0.2, 0.25) is 0 Å². The smallest absolute Gasteiger partial charge is 0.194 e. The largest absolute Gasteiger partial charge is 0.289 e. The summed E-state index contributed by atoms with van der Waals surface area (Å²) in [6.45, 7) is 10.8. The zero-order valence-electron chi connectivity index (χ0n) is 21.0. The number of ketones is 2. The first-order valence-electron chi connectivity index (χ1n) is 12.4. The molecular formula is C31H38O2. The topological polar surface area (TPSA) is 34.1 Å². The highest BCUT2D eigenvalue weighted by Gasteiger charge is 2.29. The summed E-state index contributed by atoms with van der Waals surface area (Å²) in [5.41, 5.74) is 7.15. The summed E-state index contributed by atoms with van der Waals surface area (Å²) in [5.74, 6) is 0.647. The van der Waals surface area contributed by atoms with E-state index >= 15 is 0 Å². The van der Waals surface area contributed by atoms with Crippen LogP contribution in [0.5, 0.6) is 0 Å². The van der Waals surface area contributed by atoms with Crippen molar-refractivity contribution in [2.24, 2.45) is 5.92 Å². The van der Waals surface area contributed by atoms with Gasteiger partial charge in [0.1, 0.15) is 0 Å². The van der Waals surface area contributed by atoms with Crippen molar-refractivity contribution in [1.82, 2.24) is 0 Å². The van der Waals surface area contributed by atoms with Crippen LogP contribution < -0.4 is 0 Å². The molecule has 0 N–H and O–H groups in total. The lowest BCUT2D eigenvalue weighted by Gasteiger charge is -2.19. The van der Waals surface area contributed by atoms with Gasteiger partial charge in [-0.2, -0.15) is 0 Å². The van der Waals surface area contributed by atoms with E-state index in [1.807, 2.05) is 36.4 Å². The van der Waals surface area contributed by atoms with Crippen LogP contribution >= 0.6 is 0 Å². The van der Waals surface area contributed by atoms with E-state index in [2.05, 4.69) is 46.8 Å². The fourth-order valence-electron chi connectivity index (χ4n) is 4.54. The van der Waals surface area contributed by atoms with Gasteiger partial charge in [0.2, 0.25) is 0 Å². The monoisotopic (exact) mass is 442 g/mol. The van der Waals surface area contributed by atoms with E-state index in [0.29, 0.717) is 28.2 Å². The summed E-state index contributed by atoms with van der Waals surface area (Å²) in [4.78, 5) is 26.4. The Morgan fingerprint density at radius 3 is 1.79 bits per heavy atom. The molecule has 1 aliphatic rings. The van der Waals surface area contributed by atoms with Gasteiger partial charge in [0, 0.05) is 22.3 Å². The van der Waals surface area contributed by atoms with E-state index in [-0.39, 0.29) is 11.6 Å². The van der Waals surface area contributed by atoms with Gasteiger partial charge in [-0.25, -0.2) is 0 Å². The average molecular weight is 443 g/mol. The van der Waals surface area contributed by atoms with Gasteiger partial charge in [0.15, 0.2) is 11.6 Å².